The van der Waals surface area contributed by atoms with Crippen molar-refractivity contribution in [2.24, 2.45) is 5.92 Å². The quantitative estimate of drug-likeness (QED) is 0.518. The van der Waals surface area contributed by atoms with Crippen LogP contribution >= 0.6 is 11.8 Å². The van der Waals surface area contributed by atoms with E-state index >= 15 is 0 Å². The molecule has 146 valence electrons. The molecule has 6 nitrogen and oxygen atoms in total. The highest BCUT2D eigenvalue weighted by Gasteiger charge is 2.28. The summed E-state index contributed by atoms with van der Waals surface area (Å²) in [4.78, 5) is 11.4. The Morgan fingerprint density at radius 3 is 2.59 bits per heavy atom. The van der Waals surface area contributed by atoms with E-state index < -0.39 is 0 Å². The van der Waals surface area contributed by atoms with Crippen molar-refractivity contribution in [3.63, 3.8) is 0 Å². The average Bonchev–Trinajstić information content (AvgIpc) is 3.12. The number of rotatable bonds is 7. The lowest BCUT2D eigenvalue weighted by molar-refractivity contribution is -0.140. The van der Waals surface area contributed by atoms with Crippen LogP contribution in [-0.2, 0) is 9.53 Å². The molecule has 0 saturated heterocycles. The maximum absolute atomic E-state index is 11.4. The molecule has 0 bridgehead atoms. The summed E-state index contributed by atoms with van der Waals surface area (Å²) in [6.07, 6.45) is 5.22. The molecule has 2 atom stereocenters. The first-order chi connectivity index (χ1) is 13.1. The van der Waals surface area contributed by atoms with E-state index in [2.05, 4.69) is 21.7 Å². The molecule has 1 saturated carbocycles. The van der Waals surface area contributed by atoms with Crippen molar-refractivity contribution >= 4 is 17.7 Å². The van der Waals surface area contributed by atoms with Gasteiger partial charge in [-0.25, -0.2) is 0 Å². The fourth-order valence-corrected chi connectivity index (χ4v) is 4.53. The van der Waals surface area contributed by atoms with Gasteiger partial charge in [0.1, 0.15) is 5.75 Å². The van der Waals surface area contributed by atoms with Crippen LogP contribution in [0.25, 0.3) is 11.4 Å². The average molecular weight is 390 g/mol. The van der Waals surface area contributed by atoms with Crippen LogP contribution in [0.2, 0.25) is 0 Å². The Bertz CT molecular complexity index is 760. The van der Waals surface area contributed by atoms with Crippen molar-refractivity contribution in [2.45, 2.75) is 50.2 Å². The van der Waals surface area contributed by atoms with E-state index in [0.717, 1.165) is 28.7 Å². The van der Waals surface area contributed by atoms with E-state index in [1.165, 1.54) is 26.4 Å². The van der Waals surface area contributed by atoms with Gasteiger partial charge in [0.2, 0.25) is 0 Å². The smallest absolute Gasteiger partial charge is 0.306 e. The zero-order valence-corrected chi connectivity index (χ0v) is 17.0. The summed E-state index contributed by atoms with van der Waals surface area (Å²) in [7, 11) is 3.08. The van der Waals surface area contributed by atoms with Crippen LogP contribution in [0, 0.1) is 5.92 Å². The molecule has 1 aliphatic carbocycles. The standard InChI is InChI=1S/C20H27N3O3S/c1-14-6-4-5-7-17(14)23-19(15-8-10-16(25-2)11-9-15)21-22-20(23)27-13-12-18(24)26-3/h8-11,14,17H,4-7,12-13H2,1-3H3/t14-,17-/m1/s1. The topological polar surface area (TPSA) is 66.2 Å². The minimum atomic E-state index is -0.199. The lowest BCUT2D eigenvalue weighted by Crippen LogP contribution is -2.22. The number of nitrogens with zero attached hydrogens (tertiary/aromatic N) is 3. The van der Waals surface area contributed by atoms with Crippen molar-refractivity contribution in [1.82, 2.24) is 14.8 Å². The van der Waals surface area contributed by atoms with Crippen LogP contribution in [0.4, 0.5) is 0 Å². The maximum atomic E-state index is 11.4. The molecule has 7 heteroatoms. The zero-order valence-electron chi connectivity index (χ0n) is 16.2. The Labute approximate surface area is 164 Å². The van der Waals surface area contributed by atoms with Gasteiger partial charge >= 0.3 is 5.97 Å². The minimum Gasteiger partial charge on any atom is -0.497 e. The van der Waals surface area contributed by atoms with Gasteiger partial charge in [0.25, 0.3) is 0 Å². The summed E-state index contributed by atoms with van der Waals surface area (Å²) < 4.78 is 12.3. The lowest BCUT2D eigenvalue weighted by Gasteiger charge is -2.31. The van der Waals surface area contributed by atoms with Crippen LogP contribution in [0.5, 0.6) is 5.75 Å². The highest BCUT2D eigenvalue weighted by atomic mass is 32.2. The lowest BCUT2D eigenvalue weighted by atomic mass is 9.85. The molecule has 0 unspecified atom stereocenters. The number of aromatic nitrogens is 3. The number of hydrogen-bond acceptors (Lipinski definition) is 6. The molecule has 0 aliphatic heterocycles. The second-order valence-electron chi connectivity index (χ2n) is 6.91. The number of hydrogen-bond donors (Lipinski definition) is 0. The Balaban J connectivity index is 1.90. The molecule has 1 aliphatic rings. The van der Waals surface area contributed by atoms with Crippen LogP contribution in [0.1, 0.15) is 45.1 Å². The second-order valence-corrected chi connectivity index (χ2v) is 7.97. The predicted molar refractivity (Wildman–Crippen MR) is 106 cm³/mol. The highest BCUT2D eigenvalue weighted by molar-refractivity contribution is 7.99. The third-order valence-electron chi connectivity index (χ3n) is 5.18. The first-order valence-corrected chi connectivity index (χ1v) is 10.4. The fraction of sp³-hybridized carbons (Fsp3) is 0.550. The van der Waals surface area contributed by atoms with Crippen molar-refractivity contribution < 1.29 is 14.3 Å². The molecule has 27 heavy (non-hydrogen) atoms. The van der Waals surface area contributed by atoms with E-state index in [4.69, 9.17) is 9.47 Å². The molecule has 1 fully saturated rings. The van der Waals surface area contributed by atoms with E-state index in [9.17, 15) is 4.79 Å². The Morgan fingerprint density at radius 2 is 1.93 bits per heavy atom. The van der Waals surface area contributed by atoms with Crippen molar-refractivity contribution in [3.8, 4) is 17.1 Å². The zero-order chi connectivity index (χ0) is 19.2. The third kappa shape index (κ3) is 4.64. The van der Waals surface area contributed by atoms with Crippen LogP contribution in [0.3, 0.4) is 0 Å². The number of carbonyl (C=O) groups is 1. The Kier molecular flexibility index (Phi) is 6.77. The molecule has 1 aromatic heterocycles. The highest BCUT2D eigenvalue weighted by Crippen LogP contribution is 2.39. The van der Waals surface area contributed by atoms with Crippen LogP contribution < -0.4 is 4.74 Å². The van der Waals surface area contributed by atoms with Gasteiger partial charge in [-0.1, -0.05) is 31.5 Å². The molecule has 0 N–H and O–H groups in total. The summed E-state index contributed by atoms with van der Waals surface area (Å²) >= 11 is 1.57. The number of ether oxygens (including phenoxy) is 2. The third-order valence-corrected chi connectivity index (χ3v) is 6.12. The normalized spacial score (nSPS) is 19.7. The van der Waals surface area contributed by atoms with Gasteiger partial charge in [0.15, 0.2) is 11.0 Å². The monoisotopic (exact) mass is 389 g/mol. The van der Waals surface area contributed by atoms with E-state index in [0.29, 0.717) is 24.1 Å². The summed E-state index contributed by atoms with van der Waals surface area (Å²) in [6.45, 7) is 2.31. The predicted octanol–water partition coefficient (Wildman–Crippen LogP) is 4.36. The van der Waals surface area contributed by atoms with Crippen LogP contribution in [0.15, 0.2) is 29.4 Å². The molecule has 0 spiro atoms. The molecule has 1 heterocycles. The van der Waals surface area contributed by atoms with Crippen molar-refractivity contribution in [2.75, 3.05) is 20.0 Å². The molecular weight excluding hydrogens is 362 g/mol. The van der Waals surface area contributed by atoms with Gasteiger partial charge in [0.05, 0.1) is 20.6 Å². The number of esters is 1. The number of benzene rings is 1. The molecular formula is C20H27N3O3S. The Hall–Kier alpha value is -2.02. The molecule has 3 rings (SSSR count). The van der Waals surface area contributed by atoms with Gasteiger partial charge in [0, 0.05) is 17.4 Å². The first-order valence-electron chi connectivity index (χ1n) is 9.43. The van der Waals surface area contributed by atoms with E-state index in [-0.39, 0.29) is 5.97 Å². The number of carbonyl (C=O) groups excluding carboxylic acids is 1. The van der Waals surface area contributed by atoms with Gasteiger partial charge < -0.3 is 9.47 Å². The van der Waals surface area contributed by atoms with Crippen molar-refractivity contribution in [3.05, 3.63) is 24.3 Å². The van der Waals surface area contributed by atoms with Gasteiger partial charge in [-0.2, -0.15) is 0 Å². The van der Waals surface area contributed by atoms with Crippen molar-refractivity contribution in [1.29, 1.82) is 0 Å². The SMILES string of the molecule is COC(=O)CCSc1nnc(-c2ccc(OC)cc2)n1[C@@H]1CCCC[C@H]1C. The summed E-state index contributed by atoms with van der Waals surface area (Å²) in [5.41, 5.74) is 1.03. The van der Waals surface area contributed by atoms with Gasteiger partial charge in [-0.15, -0.1) is 10.2 Å². The van der Waals surface area contributed by atoms with E-state index in [1.54, 1.807) is 18.9 Å². The molecule has 0 amide bonds. The molecule has 2 aromatic rings. The van der Waals surface area contributed by atoms with E-state index in [1.807, 2.05) is 24.3 Å². The first kappa shape index (κ1) is 19.7. The fourth-order valence-electron chi connectivity index (χ4n) is 3.62. The van der Waals surface area contributed by atoms with Crippen LogP contribution in [-0.4, -0.2) is 40.7 Å². The molecule has 0 radical (unpaired) electrons. The summed E-state index contributed by atoms with van der Waals surface area (Å²) in [5.74, 6) is 2.72. The summed E-state index contributed by atoms with van der Waals surface area (Å²) in [6, 6.07) is 8.32. The number of thioether (sulfide) groups is 1. The number of methoxy groups -OCH3 is 2. The minimum absolute atomic E-state index is 0.199. The largest absolute Gasteiger partial charge is 0.497 e. The van der Waals surface area contributed by atoms with Gasteiger partial charge in [-0.05, 0) is 43.0 Å². The van der Waals surface area contributed by atoms with Gasteiger partial charge in [-0.3, -0.25) is 9.36 Å². The molecule has 1 aromatic carbocycles. The Morgan fingerprint density at radius 1 is 1.19 bits per heavy atom. The second kappa shape index (κ2) is 9.26. The summed E-state index contributed by atoms with van der Waals surface area (Å²) in [5, 5.41) is 9.84. The maximum Gasteiger partial charge on any atom is 0.306 e.